The molecule has 0 spiro atoms. The van der Waals surface area contributed by atoms with Crippen LogP contribution in [0.5, 0.6) is 0 Å². The molecule has 3 heterocycles. The summed E-state index contributed by atoms with van der Waals surface area (Å²) in [5, 5.41) is 3.28. The SMILES string of the molecule is CC#CCn1c(N2CCNCC2)nc2c1c(=O)n(C)c(=O)n2CC(=O)OC(C)(C)C. The van der Waals surface area contributed by atoms with Crippen molar-refractivity contribution in [2.45, 2.75) is 46.4 Å². The number of piperazine rings is 1. The van der Waals surface area contributed by atoms with Gasteiger partial charge in [0.15, 0.2) is 11.2 Å². The fourth-order valence-electron chi connectivity index (χ4n) is 3.40. The van der Waals surface area contributed by atoms with Crippen molar-refractivity contribution in [3.05, 3.63) is 20.8 Å². The van der Waals surface area contributed by atoms with Crippen LogP contribution >= 0.6 is 0 Å². The fraction of sp³-hybridized carbons (Fsp3) is 0.600. The molecular weight excluding hydrogens is 388 g/mol. The maximum absolute atomic E-state index is 13.0. The highest BCUT2D eigenvalue weighted by molar-refractivity contribution is 5.77. The zero-order chi connectivity index (χ0) is 22.1. The van der Waals surface area contributed by atoms with E-state index in [9.17, 15) is 14.4 Å². The normalized spacial score (nSPS) is 14.5. The predicted octanol–water partition coefficient (Wildman–Crippen LogP) is -0.329. The van der Waals surface area contributed by atoms with Crippen LogP contribution in [0.1, 0.15) is 27.7 Å². The number of carbonyl (C=O) groups excluding carboxylic acids is 1. The minimum atomic E-state index is -0.692. The average Bonchev–Trinajstić information content (AvgIpc) is 3.06. The Kier molecular flexibility index (Phi) is 6.03. The van der Waals surface area contributed by atoms with Gasteiger partial charge in [-0.2, -0.15) is 4.98 Å². The Bertz CT molecular complexity index is 1130. The van der Waals surface area contributed by atoms with Crippen molar-refractivity contribution in [1.29, 1.82) is 0 Å². The van der Waals surface area contributed by atoms with Crippen LogP contribution in [0.4, 0.5) is 5.95 Å². The number of nitrogens with one attached hydrogen (secondary N) is 1. The van der Waals surface area contributed by atoms with E-state index in [1.54, 1.807) is 32.3 Å². The van der Waals surface area contributed by atoms with E-state index in [1.807, 2.05) is 0 Å². The van der Waals surface area contributed by atoms with E-state index in [2.05, 4.69) is 27.0 Å². The molecule has 10 nitrogen and oxygen atoms in total. The number of esters is 1. The summed E-state index contributed by atoms with van der Waals surface area (Å²) in [5.41, 5.74) is -1.36. The van der Waals surface area contributed by atoms with Crippen molar-refractivity contribution in [1.82, 2.24) is 24.0 Å². The molecule has 0 unspecified atom stereocenters. The highest BCUT2D eigenvalue weighted by Gasteiger charge is 2.26. The van der Waals surface area contributed by atoms with Gasteiger partial charge in [-0.15, -0.1) is 5.92 Å². The van der Waals surface area contributed by atoms with Gasteiger partial charge in [0.1, 0.15) is 12.1 Å². The van der Waals surface area contributed by atoms with E-state index < -0.39 is 22.8 Å². The van der Waals surface area contributed by atoms with E-state index in [-0.39, 0.29) is 24.3 Å². The van der Waals surface area contributed by atoms with Gasteiger partial charge in [-0.05, 0) is 27.7 Å². The van der Waals surface area contributed by atoms with E-state index >= 15 is 0 Å². The molecule has 2 aromatic rings. The Morgan fingerprint density at radius 2 is 1.87 bits per heavy atom. The number of aromatic nitrogens is 4. The van der Waals surface area contributed by atoms with E-state index in [0.29, 0.717) is 19.0 Å². The summed E-state index contributed by atoms with van der Waals surface area (Å²) in [6, 6.07) is 0. The minimum Gasteiger partial charge on any atom is -0.459 e. The summed E-state index contributed by atoms with van der Waals surface area (Å²) in [6.45, 7) is 9.89. The number of hydrogen-bond acceptors (Lipinski definition) is 7. The molecule has 0 aromatic carbocycles. The molecule has 2 aromatic heterocycles. The number of imidazole rings is 1. The molecule has 10 heteroatoms. The third-order valence-corrected chi connectivity index (χ3v) is 4.73. The van der Waals surface area contributed by atoms with Crippen molar-refractivity contribution in [3.8, 4) is 11.8 Å². The molecule has 0 radical (unpaired) electrons. The van der Waals surface area contributed by atoms with Gasteiger partial charge < -0.3 is 15.0 Å². The Labute approximate surface area is 174 Å². The monoisotopic (exact) mass is 416 g/mol. The lowest BCUT2D eigenvalue weighted by Gasteiger charge is -2.28. The van der Waals surface area contributed by atoms with Crippen LogP contribution in [-0.4, -0.2) is 56.4 Å². The van der Waals surface area contributed by atoms with Crippen LogP contribution < -0.4 is 21.5 Å². The zero-order valence-corrected chi connectivity index (χ0v) is 18.1. The molecule has 3 rings (SSSR count). The van der Waals surface area contributed by atoms with E-state index in [1.165, 1.54) is 11.6 Å². The first-order valence-electron chi connectivity index (χ1n) is 9.91. The molecular formula is C20H28N6O4. The first-order valence-corrected chi connectivity index (χ1v) is 9.91. The lowest BCUT2D eigenvalue weighted by atomic mass is 10.2. The van der Waals surface area contributed by atoms with Crippen molar-refractivity contribution in [3.63, 3.8) is 0 Å². The lowest BCUT2D eigenvalue weighted by molar-refractivity contribution is -0.155. The highest BCUT2D eigenvalue weighted by atomic mass is 16.6. The van der Waals surface area contributed by atoms with Gasteiger partial charge in [0.05, 0.1) is 6.54 Å². The fourth-order valence-corrected chi connectivity index (χ4v) is 3.40. The number of ether oxygens (including phenoxy) is 1. The number of nitrogens with zero attached hydrogens (tertiary/aromatic N) is 5. The average molecular weight is 416 g/mol. The maximum Gasteiger partial charge on any atom is 0.333 e. The third kappa shape index (κ3) is 4.26. The van der Waals surface area contributed by atoms with Crippen molar-refractivity contribution >= 4 is 23.1 Å². The second-order valence-corrected chi connectivity index (χ2v) is 8.15. The Morgan fingerprint density at radius 3 is 2.47 bits per heavy atom. The number of fused-ring (bicyclic) bond motifs is 1. The highest BCUT2D eigenvalue weighted by Crippen LogP contribution is 2.20. The molecule has 1 saturated heterocycles. The first-order chi connectivity index (χ1) is 14.1. The van der Waals surface area contributed by atoms with Gasteiger partial charge in [-0.3, -0.25) is 23.3 Å². The van der Waals surface area contributed by atoms with E-state index in [0.717, 1.165) is 17.7 Å². The molecule has 0 aliphatic carbocycles. The van der Waals surface area contributed by atoms with Crippen LogP contribution in [-0.2, 0) is 29.7 Å². The number of hydrogen-bond donors (Lipinski definition) is 1. The summed E-state index contributed by atoms with van der Waals surface area (Å²) in [7, 11) is 1.39. The molecule has 0 atom stereocenters. The minimum absolute atomic E-state index is 0.167. The van der Waals surface area contributed by atoms with Crippen LogP contribution in [0.2, 0.25) is 0 Å². The second kappa shape index (κ2) is 8.36. The third-order valence-electron chi connectivity index (χ3n) is 4.73. The standard InChI is InChI=1S/C20H28N6O4/c1-6-7-10-25-15-16(22-18(25)24-11-8-21-9-12-24)26(19(29)23(5)17(15)28)13-14(27)30-20(2,3)4/h21H,8-13H2,1-5H3. The molecule has 0 amide bonds. The van der Waals surface area contributed by atoms with Crippen molar-refractivity contribution in [2.75, 3.05) is 31.1 Å². The number of carbonyl (C=O) groups is 1. The molecule has 1 N–H and O–H groups in total. The predicted molar refractivity (Wildman–Crippen MR) is 114 cm³/mol. The second-order valence-electron chi connectivity index (χ2n) is 8.15. The van der Waals surface area contributed by atoms with Crippen molar-refractivity contribution < 1.29 is 9.53 Å². The first kappa shape index (κ1) is 21.6. The Hall–Kier alpha value is -3.06. The van der Waals surface area contributed by atoms with Crippen LogP contribution in [0.15, 0.2) is 9.59 Å². The molecule has 1 aliphatic rings. The number of rotatable bonds is 4. The quantitative estimate of drug-likeness (QED) is 0.538. The lowest BCUT2D eigenvalue weighted by Crippen LogP contribution is -2.44. The largest absolute Gasteiger partial charge is 0.459 e. The molecule has 1 aliphatic heterocycles. The molecule has 1 fully saturated rings. The van der Waals surface area contributed by atoms with Gasteiger partial charge in [0.25, 0.3) is 5.56 Å². The summed E-state index contributed by atoms with van der Waals surface area (Å²) < 4.78 is 9.29. The number of anilines is 1. The molecule has 0 bridgehead atoms. The topological polar surface area (TPSA) is 103 Å². The van der Waals surface area contributed by atoms with Crippen LogP contribution in [0.3, 0.4) is 0 Å². The Morgan fingerprint density at radius 1 is 1.20 bits per heavy atom. The summed E-state index contributed by atoms with van der Waals surface area (Å²) >= 11 is 0. The zero-order valence-electron chi connectivity index (χ0n) is 18.1. The van der Waals surface area contributed by atoms with Gasteiger partial charge >= 0.3 is 11.7 Å². The van der Waals surface area contributed by atoms with Crippen molar-refractivity contribution in [2.24, 2.45) is 7.05 Å². The summed E-state index contributed by atoms with van der Waals surface area (Å²) in [4.78, 5) is 45.0. The van der Waals surface area contributed by atoms with Crippen LogP contribution in [0.25, 0.3) is 11.2 Å². The molecule has 0 saturated carbocycles. The van der Waals surface area contributed by atoms with E-state index in [4.69, 9.17) is 4.74 Å². The summed E-state index contributed by atoms with van der Waals surface area (Å²) in [6.07, 6.45) is 0. The van der Waals surface area contributed by atoms with Gasteiger partial charge in [0.2, 0.25) is 5.95 Å². The van der Waals surface area contributed by atoms with Crippen LogP contribution in [0, 0.1) is 11.8 Å². The smallest absolute Gasteiger partial charge is 0.333 e. The summed E-state index contributed by atoms with van der Waals surface area (Å²) in [5.74, 6) is 5.81. The van der Waals surface area contributed by atoms with Gasteiger partial charge in [-0.25, -0.2) is 4.79 Å². The molecule has 162 valence electrons. The molecule has 30 heavy (non-hydrogen) atoms. The maximum atomic E-state index is 13.0. The van der Waals surface area contributed by atoms with Gasteiger partial charge in [0, 0.05) is 33.2 Å². The Balaban J connectivity index is 2.22. The van der Waals surface area contributed by atoms with Gasteiger partial charge in [-0.1, -0.05) is 5.92 Å².